The van der Waals surface area contributed by atoms with Crippen LogP contribution in [0.25, 0.3) is 0 Å². The number of carbonyl (C=O) groups is 4. The van der Waals surface area contributed by atoms with Gasteiger partial charge in [-0.2, -0.15) is 17.6 Å². The minimum atomic E-state index is -6.15. The molecular formula is C86H108F4NO18S4+. The zero-order valence-corrected chi connectivity index (χ0v) is 68.8. The third-order valence-electron chi connectivity index (χ3n) is 21.5. The van der Waals surface area contributed by atoms with Gasteiger partial charge in [0.25, 0.3) is 0 Å². The van der Waals surface area contributed by atoms with Gasteiger partial charge in [-0.05, 0) is 243 Å². The van der Waals surface area contributed by atoms with Crippen LogP contribution >= 0.6 is 0 Å². The molecule has 19 nitrogen and oxygen atoms in total. The van der Waals surface area contributed by atoms with E-state index in [9.17, 15) is 62.7 Å². The number of nitrogens with one attached hydrogen (secondary N) is 1. The van der Waals surface area contributed by atoms with E-state index in [1.54, 1.807) is 4.90 Å². The number of hydrogen-bond acceptors (Lipinski definition) is 18. The number of hydrogen-bond donors (Lipinski definition) is 1. The smallest absolute Gasteiger partial charge is 0.428 e. The predicted octanol–water partition coefficient (Wildman–Crippen LogP) is 15.4. The lowest BCUT2D eigenvalue weighted by atomic mass is 9.49. The first-order valence-corrected chi connectivity index (χ1v) is 43.8. The number of rotatable bonds is 33. The fraction of sp³-hybridized carbons (Fsp3) is 0.488. The molecule has 6 aromatic carbocycles. The number of esters is 4. The molecule has 6 aromatic rings. The number of halogens is 4. The van der Waals surface area contributed by atoms with Crippen molar-refractivity contribution in [2.45, 2.75) is 178 Å². The van der Waals surface area contributed by atoms with Crippen LogP contribution in [0.4, 0.5) is 17.6 Å². The topological polar surface area (TPSA) is 261 Å². The summed E-state index contributed by atoms with van der Waals surface area (Å²) in [4.78, 5) is 55.6. The lowest BCUT2D eigenvalue weighted by Crippen LogP contribution is -3.11. The summed E-state index contributed by atoms with van der Waals surface area (Å²) in [7, 11) is -12.6. The first-order valence-electron chi connectivity index (χ1n) is 38.5. The van der Waals surface area contributed by atoms with Crippen molar-refractivity contribution >= 4 is 65.9 Å². The zero-order chi connectivity index (χ0) is 82.2. The molecule has 616 valence electrons. The summed E-state index contributed by atoms with van der Waals surface area (Å²) in [5.74, 6) is 0.0199. The van der Waals surface area contributed by atoms with Crippen molar-refractivity contribution in [1.82, 2.24) is 0 Å². The molecule has 8 bridgehead atoms. The molecule has 0 aromatic heterocycles. The Balaban J connectivity index is 0.000000183. The molecule has 1 N–H and O–H groups in total. The Hall–Kier alpha value is -7.92. The number of quaternary nitrogens is 1. The Morgan fingerprint density at radius 3 is 0.894 bits per heavy atom. The van der Waals surface area contributed by atoms with Crippen molar-refractivity contribution in [2.75, 3.05) is 72.5 Å². The lowest BCUT2D eigenvalue weighted by Gasteiger charge is -2.56. The first kappa shape index (κ1) is 90.6. The lowest BCUT2D eigenvalue weighted by molar-refractivity contribution is -0.894. The number of aryl methyl sites for hydroxylation is 4. The highest BCUT2D eigenvalue weighted by atomic mass is 32.2. The van der Waals surface area contributed by atoms with E-state index in [1.165, 1.54) is 100 Å². The predicted molar refractivity (Wildman–Crippen MR) is 421 cm³/mol. The van der Waals surface area contributed by atoms with E-state index >= 15 is 0 Å². The molecule has 14 rings (SSSR count). The molecule has 8 aliphatic rings. The Morgan fingerprint density at radius 1 is 0.425 bits per heavy atom. The zero-order valence-electron chi connectivity index (χ0n) is 65.6. The van der Waals surface area contributed by atoms with E-state index in [0.717, 1.165) is 72.3 Å². The summed E-state index contributed by atoms with van der Waals surface area (Å²) in [5.41, 5.74) is 4.51. The van der Waals surface area contributed by atoms with Crippen LogP contribution in [-0.2, 0) is 89.6 Å². The Kier molecular flexibility index (Phi) is 33.8. The van der Waals surface area contributed by atoms with E-state index in [-0.39, 0.29) is 45.5 Å². The SMILES string of the molecule is C=COCCOc1c(C)cc([S+](c2ccccc2)c2ccccc2)cc1C.C=COCCOc1c(C)cc([S+](c2ccccc2)c2ccccc2)cc1C.CC[NH+](CC)CC.O=C(CC12CC3CC(CC(C3)C1)C2)OCCOC(=O)C(F)(F)S(=O)(=O)[O-].O=C(CC12CC3CC(CC(C3)C1)C2)OCCOC(=O)C(F)(F)S(=O)(=O)[O-]. The quantitative estimate of drug-likeness (QED) is 0.00763. The Morgan fingerprint density at radius 2 is 0.673 bits per heavy atom. The van der Waals surface area contributed by atoms with Gasteiger partial charge in [0.2, 0.25) is 0 Å². The number of carbonyl (C=O) groups excluding carboxylic acids is 4. The van der Waals surface area contributed by atoms with Gasteiger partial charge in [-0.15, -0.1) is 0 Å². The van der Waals surface area contributed by atoms with Crippen LogP contribution < -0.4 is 14.4 Å². The van der Waals surface area contributed by atoms with Crippen LogP contribution in [0, 0.1) is 74.0 Å². The Bertz CT molecular complexity index is 3860. The highest BCUT2D eigenvalue weighted by molar-refractivity contribution is 7.97. The molecule has 8 saturated carbocycles. The fourth-order valence-corrected chi connectivity index (χ4v) is 22.6. The first-order chi connectivity index (χ1) is 53.8. The minimum absolute atomic E-state index is 0.0355. The summed E-state index contributed by atoms with van der Waals surface area (Å²) >= 11 is 0. The highest BCUT2D eigenvalue weighted by Gasteiger charge is 2.54. The molecule has 113 heavy (non-hydrogen) atoms. The van der Waals surface area contributed by atoms with E-state index in [4.69, 9.17) is 28.4 Å². The number of benzene rings is 6. The van der Waals surface area contributed by atoms with Gasteiger partial charge in [0.15, 0.2) is 49.6 Å². The van der Waals surface area contributed by atoms with Gasteiger partial charge in [-0.1, -0.05) is 86.0 Å². The monoisotopic (exact) mass is 1650 g/mol. The average molecular weight is 1650 g/mol. The second-order valence-electron chi connectivity index (χ2n) is 30.1. The molecule has 0 aliphatic heterocycles. The molecule has 0 atom stereocenters. The largest absolute Gasteiger partial charge is 0.743 e. The van der Waals surface area contributed by atoms with Gasteiger partial charge >= 0.3 is 34.4 Å². The van der Waals surface area contributed by atoms with E-state index < -0.39 is 81.1 Å². The van der Waals surface area contributed by atoms with Gasteiger partial charge in [0.1, 0.15) is 64.4 Å². The normalized spacial score (nSPS) is 21.0. The average Bonchev–Trinajstić information content (AvgIpc) is 0.752. The number of ether oxygens (including phenoxy) is 8. The molecule has 8 fully saturated rings. The summed E-state index contributed by atoms with van der Waals surface area (Å²) in [6.45, 7) is 25.6. The van der Waals surface area contributed by atoms with Crippen LogP contribution in [0.5, 0.6) is 11.5 Å². The van der Waals surface area contributed by atoms with E-state index in [0.29, 0.717) is 61.9 Å². The molecule has 8 aliphatic carbocycles. The van der Waals surface area contributed by atoms with Crippen molar-refractivity contribution in [1.29, 1.82) is 0 Å². The van der Waals surface area contributed by atoms with Crippen molar-refractivity contribution in [3.63, 3.8) is 0 Å². The van der Waals surface area contributed by atoms with Crippen LogP contribution in [0.15, 0.2) is 201 Å². The molecule has 0 heterocycles. The standard InChI is InChI=1S/2C24H25O2S.2C16H22F2O7S.C6H15N/c2*1-4-25-15-16-26-24-19(2)17-23(18-20(24)3)27(21-11-7-5-8-12-21)22-13-9-6-10-14-22;2*17-16(18,26(21,22)23)14(20)25-2-1-24-13(19)9-15-6-10-3-11(7-15)5-12(4-10)8-15;1-4-7(5-2)6-3/h2*4-14,17-18H,1,15-16H2,2-3H3;2*10-12H,1-9H2,(H,21,22,23);4-6H2,1-3H3/q2*+1;;;/p-1. The highest BCUT2D eigenvalue weighted by Crippen LogP contribution is 2.63. The molecule has 27 heteroatoms. The maximum absolute atomic E-state index is 12.9. The minimum Gasteiger partial charge on any atom is -0.743 e. The molecule has 0 unspecified atom stereocenters. The molecule has 0 spiro atoms. The van der Waals surface area contributed by atoms with Crippen LogP contribution in [0.2, 0.25) is 0 Å². The van der Waals surface area contributed by atoms with Gasteiger partial charge < -0.3 is 51.9 Å². The van der Waals surface area contributed by atoms with Gasteiger partial charge in [-0.3, -0.25) is 9.59 Å². The van der Waals surface area contributed by atoms with Gasteiger partial charge in [0, 0.05) is 24.3 Å². The van der Waals surface area contributed by atoms with Crippen molar-refractivity contribution < 1.29 is 105 Å². The summed E-state index contributed by atoms with van der Waals surface area (Å²) in [5, 5.41) is -10.3. The van der Waals surface area contributed by atoms with Crippen molar-refractivity contribution in [3.05, 3.63) is 194 Å². The molecule has 0 radical (unpaired) electrons. The number of alkyl halides is 4. The van der Waals surface area contributed by atoms with E-state index in [2.05, 4.69) is 217 Å². The fourth-order valence-electron chi connectivity index (χ4n) is 17.5. The summed E-state index contributed by atoms with van der Waals surface area (Å²) < 4.78 is 154. The van der Waals surface area contributed by atoms with Crippen LogP contribution in [-0.4, -0.2) is 133 Å². The maximum atomic E-state index is 12.9. The molecular weight excluding hydrogens is 1540 g/mol. The summed E-state index contributed by atoms with van der Waals surface area (Å²) in [6.07, 6.45) is 16.9. The van der Waals surface area contributed by atoms with Crippen molar-refractivity contribution in [3.8, 4) is 11.5 Å². The van der Waals surface area contributed by atoms with Crippen LogP contribution in [0.3, 0.4) is 0 Å². The molecule has 0 amide bonds. The van der Waals surface area contributed by atoms with E-state index in [1.807, 2.05) is 0 Å². The van der Waals surface area contributed by atoms with Gasteiger partial charge in [0.05, 0.1) is 66.8 Å². The third kappa shape index (κ3) is 25.5. The summed E-state index contributed by atoms with van der Waals surface area (Å²) in [6, 6.07) is 51.8. The Labute approximate surface area is 669 Å². The van der Waals surface area contributed by atoms with Crippen LogP contribution in [0.1, 0.15) is 133 Å². The second-order valence-corrected chi connectivity index (χ2v) is 37.0. The molecule has 0 saturated heterocycles. The van der Waals surface area contributed by atoms with Crippen molar-refractivity contribution in [2.24, 2.45) is 46.3 Å². The second kappa shape index (κ2) is 42.1. The van der Waals surface area contributed by atoms with Gasteiger partial charge in [-0.25, -0.2) is 26.4 Å². The third-order valence-corrected chi connectivity index (χ3v) is 27.5. The maximum Gasteiger partial charge on any atom is 0.428 e.